The van der Waals surface area contributed by atoms with E-state index < -0.39 is 11.8 Å². The molecule has 1 aromatic carbocycles. The summed E-state index contributed by atoms with van der Waals surface area (Å²) in [5.74, 6) is -0.455. The van der Waals surface area contributed by atoms with E-state index in [1.165, 1.54) is 19.2 Å². The molecular weight excluding hydrogens is 279 g/mol. The molecule has 1 aromatic rings. The van der Waals surface area contributed by atoms with Crippen LogP contribution in [-0.2, 0) is 4.79 Å². The van der Waals surface area contributed by atoms with Gasteiger partial charge in [-0.1, -0.05) is 6.92 Å². The molecule has 8 heteroatoms. The SMILES string of the molecule is CCCN1C(=O)COc2cc(F)c(NNC(=O)NC)cc21. The number of hydrazine groups is 1. The Balaban J connectivity index is 2.29. The van der Waals surface area contributed by atoms with E-state index in [4.69, 9.17) is 4.74 Å². The van der Waals surface area contributed by atoms with E-state index in [0.717, 1.165) is 6.42 Å². The van der Waals surface area contributed by atoms with Crippen LogP contribution in [0.2, 0.25) is 0 Å². The zero-order valence-electron chi connectivity index (χ0n) is 11.8. The number of fused-ring (bicyclic) bond motifs is 1. The van der Waals surface area contributed by atoms with Gasteiger partial charge in [-0.3, -0.25) is 15.6 Å². The third kappa shape index (κ3) is 3.15. The van der Waals surface area contributed by atoms with Gasteiger partial charge >= 0.3 is 6.03 Å². The normalized spacial score (nSPS) is 13.3. The fraction of sp³-hybridized carbons (Fsp3) is 0.385. The molecule has 0 unspecified atom stereocenters. The van der Waals surface area contributed by atoms with E-state index in [-0.39, 0.29) is 18.2 Å². The summed E-state index contributed by atoms with van der Waals surface area (Å²) in [5.41, 5.74) is 5.27. The lowest BCUT2D eigenvalue weighted by Gasteiger charge is -2.29. The summed E-state index contributed by atoms with van der Waals surface area (Å²) in [5, 5.41) is 2.33. The lowest BCUT2D eigenvalue weighted by Crippen LogP contribution is -2.40. The molecular formula is C13H17FN4O3. The van der Waals surface area contributed by atoms with E-state index in [1.54, 1.807) is 4.90 Å². The number of urea groups is 1. The molecule has 0 saturated heterocycles. The van der Waals surface area contributed by atoms with Gasteiger partial charge in [-0.2, -0.15) is 0 Å². The van der Waals surface area contributed by atoms with Gasteiger partial charge in [0.1, 0.15) is 5.75 Å². The molecule has 0 radical (unpaired) electrons. The zero-order valence-corrected chi connectivity index (χ0v) is 11.8. The Bertz CT molecular complexity index is 565. The van der Waals surface area contributed by atoms with Crippen molar-refractivity contribution in [2.45, 2.75) is 13.3 Å². The number of nitrogens with zero attached hydrogens (tertiary/aromatic N) is 1. The Morgan fingerprint density at radius 3 is 2.90 bits per heavy atom. The van der Waals surface area contributed by atoms with Crippen LogP contribution >= 0.6 is 0 Å². The second-order valence-electron chi connectivity index (χ2n) is 4.46. The van der Waals surface area contributed by atoms with Gasteiger partial charge in [-0.15, -0.1) is 0 Å². The van der Waals surface area contributed by atoms with Crippen LogP contribution in [0.1, 0.15) is 13.3 Å². The highest BCUT2D eigenvalue weighted by atomic mass is 19.1. The molecule has 1 aliphatic rings. The predicted molar refractivity (Wildman–Crippen MR) is 75.8 cm³/mol. The molecule has 1 aliphatic heterocycles. The molecule has 0 aliphatic carbocycles. The summed E-state index contributed by atoms with van der Waals surface area (Å²) in [7, 11) is 1.44. The minimum absolute atomic E-state index is 0.0525. The molecule has 0 aromatic heterocycles. The average molecular weight is 296 g/mol. The number of nitrogens with one attached hydrogen (secondary N) is 3. The monoisotopic (exact) mass is 296 g/mol. The average Bonchev–Trinajstić information content (AvgIpc) is 2.48. The smallest absolute Gasteiger partial charge is 0.333 e. The third-order valence-corrected chi connectivity index (χ3v) is 2.98. The number of hydrogen-bond acceptors (Lipinski definition) is 4. The van der Waals surface area contributed by atoms with Crippen molar-refractivity contribution in [3.63, 3.8) is 0 Å². The molecule has 3 N–H and O–H groups in total. The number of benzene rings is 1. The molecule has 21 heavy (non-hydrogen) atoms. The van der Waals surface area contributed by atoms with Crippen molar-refractivity contribution < 1.29 is 18.7 Å². The maximum Gasteiger partial charge on any atom is 0.333 e. The summed E-state index contributed by atoms with van der Waals surface area (Å²) in [6.07, 6.45) is 0.766. The summed E-state index contributed by atoms with van der Waals surface area (Å²) in [4.78, 5) is 24.5. The number of halogens is 1. The molecule has 0 atom stereocenters. The zero-order chi connectivity index (χ0) is 15.4. The number of amides is 3. The Hall–Kier alpha value is -2.51. The number of rotatable bonds is 4. The third-order valence-electron chi connectivity index (χ3n) is 2.98. The van der Waals surface area contributed by atoms with Gasteiger partial charge in [0.15, 0.2) is 12.4 Å². The largest absolute Gasteiger partial charge is 0.481 e. The van der Waals surface area contributed by atoms with Gasteiger partial charge in [0.2, 0.25) is 0 Å². The van der Waals surface area contributed by atoms with Crippen molar-refractivity contribution >= 4 is 23.3 Å². The molecule has 2 rings (SSSR count). The quantitative estimate of drug-likeness (QED) is 0.730. The van der Waals surface area contributed by atoms with Crippen molar-refractivity contribution in [2.24, 2.45) is 0 Å². The van der Waals surface area contributed by atoms with Gasteiger partial charge in [-0.05, 0) is 12.5 Å². The van der Waals surface area contributed by atoms with E-state index in [0.29, 0.717) is 18.0 Å². The van der Waals surface area contributed by atoms with Crippen LogP contribution in [0.25, 0.3) is 0 Å². The highest BCUT2D eigenvalue weighted by Gasteiger charge is 2.26. The topological polar surface area (TPSA) is 82.7 Å². The van der Waals surface area contributed by atoms with E-state index in [2.05, 4.69) is 16.2 Å². The number of ether oxygens (including phenoxy) is 1. The second kappa shape index (κ2) is 6.29. The van der Waals surface area contributed by atoms with Crippen LogP contribution in [-0.4, -0.2) is 32.1 Å². The van der Waals surface area contributed by atoms with E-state index in [1.807, 2.05) is 6.92 Å². The van der Waals surface area contributed by atoms with Crippen LogP contribution in [0.15, 0.2) is 12.1 Å². The molecule has 3 amide bonds. The fourth-order valence-corrected chi connectivity index (χ4v) is 1.97. The van der Waals surface area contributed by atoms with Crippen molar-refractivity contribution in [1.29, 1.82) is 0 Å². The summed E-state index contributed by atoms with van der Waals surface area (Å²) < 4.78 is 19.2. The van der Waals surface area contributed by atoms with Crippen molar-refractivity contribution in [2.75, 3.05) is 30.5 Å². The van der Waals surface area contributed by atoms with Crippen LogP contribution in [0.3, 0.4) is 0 Å². The Labute approximate surface area is 121 Å². The summed E-state index contributed by atoms with van der Waals surface area (Å²) >= 11 is 0. The predicted octanol–water partition coefficient (Wildman–Crippen LogP) is 1.22. The maximum atomic E-state index is 13.9. The minimum Gasteiger partial charge on any atom is -0.481 e. The maximum absolute atomic E-state index is 13.9. The molecule has 0 bridgehead atoms. The van der Waals surface area contributed by atoms with Crippen LogP contribution in [0, 0.1) is 5.82 Å². The van der Waals surface area contributed by atoms with Gasteiger partial charge in [0.25, 0.3) is 5.91 Å². The van der Waals surface area contributed by atoms with Gasteiger partial charge in [-0.25, -0.2) is 9.18 Å². The highest BCUT2D eigenvalue weighted by molar-refractivity contribution is 5.98. The first-order valence-corrected chi connectivity index (χ1v) is 6.57. The second-order valence-corrected chi connectivity index (χ2v) is 4.46. The Morgan fingerprint density at radius 2 is 2.24 bits per heavy atom. The fourth-order valence-electron chi connectivity index (χ4n) is 1.97. The first-order valence-electron chi connectivity index (χ1n) is 6.57. The molecule has 0 fully saturated rings. The Kier molecular flexibility index (Phi) is 4.46. The molecule has 0 saturated carbocycles. The molecule has 0 spiro atoms. The minimum atomic E-state index is -0.587. The summed E-state index contributed by atoms with van der Waals surface area (Å²) in [6, 6.07) is 2.12. The number of anilines is 2. The van der Waals surface area contributed by atoms with Crippen LogP contribution in [0.4, 0.5) is 20.6 Å². The summed E-state index contributed by atoms with van der Waals surface area (Å²) in [6.45, 7) is 2.36. The van der Waals surface area contributed by atoms with Crippen molar-refractivity contribution in [1.82, 2.24) is 10.7 Å². The van der Waals surface area contributed by atoms with Crippen molar-refractivity contribution in [3.05, 3.63) is 17.9 Å². The van der Waals surface area contributed by atoms with Crippen LogP contribution < -0.4 is 25.8 Å². The first-order chi connectivity index (χ1) is 10.1. The van der Waals surface area contributed by atoms with Gasteiger partial charge < -0.3 is 15.0 Å². The highest BCUT2D eigenvalue weighted by Crippen LogP contribution is 2.36. The number of carbonyl (C=O) groups is 2. The van der Waals surface area contributed by atoms with Crippen LogP contribution in [0.5, 0.6) is 5.75 Å². The first kappa shape index (κ1) is 14.9. The number of carbonyl (C=O) groups excluding carboxylic acids is 2. The lowest BCUT2D eigenvalue weighted by molar-refractivity contribution is -0.121. The van der Waals surface area contributed by atoms with Gasteiger partial charge in [0.05, 0.1) is 11.4 Å². The van der Waals surface area contributed by atoms with Gasteiger partial charge in [0, 0.05) is 19.7 Å². The van der Waals surface area contributed by atoms with Crippen molar-refractivity contribution in [3.8, 4) is 5.75 Å². The standard InChI is InChI=1S/C13H17FN4O3/c1-3-4-18-10-6-9(16-17-13(20)15-2)8(14)5-11(10)21-7-12(18)19/h5-6,16H,3-4,7H2,1-2H3,(H2,15,17,20). The number of hydrogen-bond donors (Lipinski definition) is 3. The van der Waals surface area contributed by atoms with E-state index in [9.17, 15) is 14.0 Å². The van der Waals surface area contributed by atoms with E-state index >= 15 is 0 Å². The lowest BCUT2D eigenvalue weighted by atomic mass is 10.2. The Morgan fingerprint density at radius 1 is 1.48 bits per heavy atom. The molecule has 114 valence electrons. The molecule has 1 heterocycles. The molecule has 7 nitrogen and oxygen atoms in total.